The number of hydrogen-bond donors (Lipinski definition) is 1. The molecule has 6 heteroatoms. The molecule has 0 aromatic carbocycles. The first-order chi connectivity index (χ1) is 9.74. The molecule has 0 amide bonds. The van der Waals surface area contributed by atoms with Crippen molar-refractivity contribution in [3.05, 3.63) is 34.9 Å². The fraction of sp³-hybridized carbons (Fsp3) is 0.600. The molecule has 0 aromatic rings. The molecule has 2 atom stereocenters. The lowest BCUT2D eigenvalue weighted by atomic mass is 10.1. The minimum Gasteiger partial charge on any atom is -0.374 e. The van der Waals surface area contributed by atoms with E-state index < -0.39 is 11.7 Å². The number of alkyl halides is 3. The average Bonchev–Trinajstić information content (AvgIpc) is 2.88. The number of hydrogen-bond acceptors (Lipinski definition) is 2. The molecule has 0 saturated carbocycles. The van der Waals surface area contributed by atoms with Crippen molar-refractivity contribution in [2.24, 2.45) is 5.73 Å². The second-order valence-electron chi connectivity index (χ2n) is 5.22. The molecular formula is C15H21ClF3NO. The first-order valence-electron chi connectivity index (χ1n) is 6.89. The summed E-state index contributed by atoms with van der Waals surface area (Å²) in [5.41, 5.74) is 5.46. The predicted molar refractivity (Wildman–Crippen MR) is 79.1 cm³/mol. The Hall–Kier alpha value is -0.780. The Morgan fingerprint density at radius 1 is 1.33 bits per heavy atom. The molecule has 1 aliphatic heterocycles. The van der Waals surface area contributed by atoms with Crippen LogP contribution in [-0.4, -0.2) is 24.9 Å². The van der Waals surface area contributed by atoms with Crippen LogP contribution in [0.25, 0.3) is 0 Å². The fourth-order valence-corrected chi connectivity index (χ4v) is 2.23. The normalized spacial score (nSPS) is 24.5. The lowest BCUT2D eigenvalue weighted by molar-refractivity contribution is -0.0878. The third kappa shape index (κ3) is 6.24. The summed E-state index contributed by atoms with van der Waals surface area (Å²) in [6.45, 7) is 5.29. The van der Waals surface area contributed by atoms with Crippen LogP contribution in [0.1, 0.15) is 32.6 Å². The molecule has 0 spiro atoms. The summed E-state index contributed by atoms with van der Waals surface area (Å²) in [4.78, 5) is 0. The van der Waals surface area contributed by atoms with Gasteiger partial charge in [0, 0.05) is 17.2 Å². The number of nitrogens with two attached hydrogens (primary N) is 1. The number of ether oxygens (including phenoxy) is 1. The second kappa shape index (κ2) is 8.01. The number of allylic oxidation sites excluding steroid dienone is 5. The minimum absolute atomic E-state index is 0.129. The highest BCUT2D eigenvalue weighted by molar-refractivity contribution is 6.31. The standard InChI is InChI=1S/C15H21ClF3NO/c1-10(3-5-12-6-7-13(9-20)21-12)14(16)8-4-11(2)15(17,18)19/h4,8,12-13H,2-3,5-7,9,20H2,1H3/b8-4-,14-10-. The molecular weight excluding hydrogens is 303 g/mol. The third-order valence-corrected chi connectivity index (χ3v) is 3.95. The minimum atomic E-state index is -4.42. The van der Waals surface area contributed by atoms with E-state index in [1.807, 2.05) is 0 Å². The molecule has 1 rings (SSSR count). The van der Waals surface area contributed by atoms with Gasteiger partial charge in [-0.05, 0) is 44.8 Å². The third-order valence-electron chi connectivity index (χ3n) is 3.50. The van der Waals surface area contributed by atoms with Crippen LogP contribution in [0.4, 0.5) is 13.2 Å². The van der Waals surface area contributed by atoms with Crippen molar-refractivity contribution in [1.29, 1.82) is 0 Å². The molecule has 2 N–H and O–H groups in total. The fourth-order valence-electron chi connectivity index (χ4n) is 2.07. The SMILES string of the molecule is C=C(/C=C\C(Cl)=C(/C)CCC1CCC(CN)O1)C(F)(F)F. The van der Waals surface area contributed by atoms with E-state index >= 15 is 0 Å². The molecule has 120 valence electrons. The molecule has 2 unspecified atom stereocenters. The van der Waals surface area contributed by atoms with Gasteiger partial charge in [-0.3, -0.25) is 0 Å². The summed E-state index contributed by atoms with van der Waals surface area (Å²) in [6.07, 6.45) is 1.41. The highest BCUT2D eigenvalue weighted by atomic mass is 35.5. The van der Waals surface area contributed by atoms with Crippen molar-refractivity contribution < 1.29 is 17.9 Å². The summed E-state index contributed by atoms with van der Waals surface area (Å²) in [5, 5.41) is 0.314. The van der Waals surface area contributed by atoms with Gasteiger partial charge in [-0.25, -0.2) is 0 Å². The van der Waals surface area contributed by atoms with Crippen LogP contribution in [0.5, 0.6) is 0 Å². The molecule has 21 heavy (non-hydrogen) atoms. The highest BCUT2D eigenvalue weighted by Crippen LogP contribution is 2.27. The molecule has 1 aliphatic rings. The van der Waals surface area contributed by atoms with E-state index in [9.17, 15) is 13.2 Å². The lowest BCUT2D eigenvalue weighted by Gasteiger charge is -2.12. The topological polar surface area (TPSA) is 35.2 Å². The smallest absolute Gasteiger partial charge is 0.374 e. The van der Waals surface area contributed by atoms with Crippen molar-refractivity contribution in [1.82, 2.24) is 0 Å². The maximum Gasteiger partial charge on any atom is 0.415 e. The van der Waals surface area contributed by atoms with E-state index in [0.717, 1.165) is 30.9 Å². The van der Waals surface area contributed by atoms with Crippen LogP contribution >= 0.6 is 11.6 Å². The summed E-state index contributed by atoms with van der Waals surface area (Å²) < 4.78 is 42.6. The van der Waals surface area contributed by atoms with Crippen LogP contribution in [0.2, 0.25) is 0 Å². The largest absolute Gasteiger partial charge is 0.415 e. The van der Waals surface area contributed by atoms with Crippen molar-refractivity contribution in [3.8, 4) is 0 Å². The second-order valence-corrected chi connectivity index (χ2v) is 5.62. The van der Waals surface area contributed by atoms with E-state index in [1.165, 1.54) is 6.08 Å². The zero-order chi connectivity index (χ0) is 16.0. The quantitative estimate of drug-likeness (QED) is 0.732. The Balaban J connectivity index is 2.47. The van der Waals surface area contributed by atoms with Gasteiger partial charge in [-0.2, -0.15) is 13.2 Å². The van der Waals surface area contributed by atoms with E-state index in [-0.39, 0.29) is 12.2 Å². The van der Waals surface area contributed by atoms with Crippen LogP contribution in [0.15, 0.2) is 34.9 Å². The number of rotatable bonds is 6. The maximum atomic E-state index is 12.3. The number of halogens is 4. The van der Waals surface area contributed by atoms with E-state index in [1.54, 1.807) is 6.92 Å². The van der Waals surface area contributed by atoms with Crippen LogP contribution < -0.4 is 5.73 Å². The molecule has 1 saturated heterocycles. The van der Waals surface area contributed by atoms with Crippen molar-refractivity contribution >= 4 is 11.6 Å². The Kier molecular flexibility index (Phi) is 6.97. The van der Waals surface area contributed by atoms with Crippen molar-refractivity contribution in [2.45, 2.75) is 51.0 Å². The Morgan fingerprint density at radius 2 is 1.95 bits per heavy atom. The summed E-state index contributed by atoms with van der Waals surface area (Å²) in [6, 6.07) is 0. The molecule has 0 radical (unpaired) electrons. The zero-order valence-corrected chi connectivity index (χ0v) is 12.8. The van der Waals surface area contributed by atoms with Crippen molar-refractivity contribution in [2.75, 3.05) is 6.54 Å². The molecule has 2 nitrogen and oxygen atoms in total. The summed E-state index contributed by atoms with van der Waals surface area (Å²) in [5.74, 6) is 0. The molecule has 1 heterocycles. The Labute approximate surface area is 128 Å². The van der Waals surface area contributed by atoms with Crippen LogP contribution in [-0.2, 0) is 4.74 Å². The van der Waals surface area contributed by atoms with E-state index in [2.05, 4.69) is 6.58 Å². The van der Waals surface area contributed by atoms with E-state index in [0.29, 0.717) is 18.0 Å². The monoisotopic (exact) mass is 323 g/mol. The molecule has 0 aromatic heterocycles. The molecule has 0 bridgehead atoms. The van der Waals surface area contributed by atoms with Gasteiger partial charge in [-0.15, -0.1) is 0 Å². The van der Waals surface area contributed by atoms with Gasteiger partial charge in [-0.1, -0.05) is 23.8 Å². The van der Waals surface area contributed by atoms with Gasteiger partial charge in [0.2, 0.25) is 0 Å². The van der Waals surface area contributed by atoms with Gasteiger partial charge < -0.3 is 10.5 Å². The van der Waals surface area contributed by atoms with Crippen LogP contribution in [0.3, 0.4) is 0 Å². The molecule has 1 fully saturated rings. The van der Waals surface area contributed by atoms with Gasteiger partial charge in [0.1, 0.15) is 0 Å². The summed E-state index contributed by atoms with van der Waals surface area (Å²) >= 11 is 5.99. The highest BCUT2D eigenvalue weighted by Gasteiger charge is 2.29. The summed E-state index contributed by atoms with van der Waals surface area (Å²) in [7, 11) is 0. The van der Waals surface area contributed by atoms with Crippen molar-refractivity contribution in [3.63, 3.8) is 0 Å². The Bertz CT molecular complexity index is 429. The predicted octanol–water partition coefficient (Wildman–Crippen LogP) is 4.46. The van der Waals surface area contributed by atoms with Gasteiger partial charge in [0.25, 0.3) is 0 Å². The zero-order valence-electron chi connectivity index (χ0n) is 12.0. The van der Waals surface area contributed by atoms with Gasteiger partial charge >= 0.3 is 6.18 Å². The van der Waals surface area contributed by atoms with Crippen LogP contribution in [0, 0.1) is 0 Å². The first-order valence-corrected chi connectivity index (χ1v) is 7.26. The van der Waals surface area contributed by atoms with E-state index in [4.69, 9.17) is 22.1 Å². The first kappa shape index (κ1) is 18.3. The van der Waals surface area contributed by atoms with Gasteiger partial charge in [0.15, 0.2) is 0 Å². The average molecular weight is 324 g/mol. The molecule has 0 aliphatic carbocycles. The van der Waals surface area contributed by atoms with Gasteiger partial charge in [0.05, 0.1) is 12.2 Å². The Morgan fingerprint density at radius 3 is 2.48 bits per heavy atom. The lowest BCUT2D eigenvalue weighted by Crippen LogP contribution is -2.20. The maximum absolute atomic E-state index is 12.3.